The summed E-state index contributed by atoms with van der Waals surface area (Å²) < 4.78 is 5.04. The molecule has 2 aliphatic heterocycles. The smallest absolute Gasteiger partial charge is 0.311 e. The van der Waals surface area contributed by atoms with Crippen LogP contribution >= 0.6 is 12.4 Å². The molecule has 0 bridgehead atoms. The molecule has 3 aliphatic rings. The molecule has 5 rings (SSSR count). The number of H-pyrrole nitrogens is 1. The van der Waals surface area contributed by atoms with Crippen molar-refractivity contribution in [2.45, 2.75) is 37.8 Å². The first kappa shape index (κ1) is 21.1. The van der Waals surface area contributed by atoms with E-state index in [0.717, 1.165) is 32.4 Å². The Hall–Kier alpha value is -1.60. The van der Waals surface area contributed by atoms with E-state index in [-0.39, 0.29) is 35.7 Å². The van der Waals surface area contributed by atoms with E-state index in [0.29, 0.717) is 18.4 Å². The second kappa shape index (κ2) is 8.03. The molecule has 4 unspecified atom stereocenters. The molecule has 0 spiro atoms. The number of esters is 1. The summed E-state index contributed by atoms with van der Waals surface area (Å²) in [5.41, 5.74) is 3.96. The number of carbonyl (C=O) groups excluding carboxylic acids is 1. The molecule has 1 aliphatic carbocycles. The van der Waals surface area contributed by atoms with Gasteiger partial charge >= 0.3 is 5.97 Å². The Morgan fingerprint density at radius 2 is 2.07 bits per heavy atom. The Morgan fingerprint density at radius 1 is 1.29 bits per heavy atom. The topological polar surface area (TPSA) is 97.1 Å². The summed E-state index contributed by atoms with van der Waals surface area (Å²) in [6.07, 6.45) is 3.14. The first-order chi connectivity index (χ1) is 12.7. The number of hydrogen-bond donors (Lipinski definition) is 2. The molecule has 0 amide bonds. The fourth-order valence-electron chi connectivity index (χ4n) is 5.80. The molecule has 4 N–H and O–H groups in total. The number of fused-ring (bicyclic) bond motifs is 6. The average Bonchev–Trinajstić information content (AvgIpc) is 3.05. The number of aliphatic hydroxyl groups excluding tert-OH is 1. The number of para-hydroxylation sites is 1. The van der Waals surface area contributed by atoms with Crippen LogP contribution in [0.25, 0.3) is 10.9 Å². The Morgan fingerprint density at radius 3 is 2.86 bits per heavy atom. The highest BCUT2D eigenvalue weighted by Gasteiger charge is 2.49. The van der Waals surface area contributed by atoms with Crippen LogP contribution in [-0.4, -0.2) is 52.7 Å². The summed E-state index contributed by atoms with van der Waals surface area (Å²) in [7, 11) is 1.43. The minimum Gasteiger partial charge on any atom is -0.469 e. The third-order valence-electron chi connectivity index (χ3n) is 7.02. The third-order valence-corrected chi connectivity index (χ3v) is 7.02. The van der Waals surface area contributed by atoms with E-state index in [9.17, 15) is 9.90 Å². The number of piperidine rings is 1. The van der Waals surface area contributed by atoms with Crippen LogP contribution in [0.15, 0.2) is 24.3 Å². The Labute approximate surface area is 171 Å². The number of aromatic amines is 1. The normalized spacial score (nSPS) is 31.6. The fraction of sp³-hybridized carbons (Fsp3) is 0.571. The van der Waals surface area contributed by atoms with Gasteiger partial charge in [-0.05, 0) is 49.1 Å². The van der Waals surface area contributed by atoms with E-state index in [4.69, 9.17) is 4.74 Å². The molecule has 1 aromatic carbocycles. The van der Waals surface area contributed by atoms with Gasteiger partial charge in [0.25, 0.3) is 0 Å². The highest BCUT2D eigenvalue weighted by molar-refractivity contribution is 5.85. The molecule has 1 saturated heterocycles. The summed E-state index contributed by atoms with van der Waals surface area (Å²) in [6, 6.07) is 8.83. The molecule has 6 nitrogen and oxygen atoms in total. The predicted molar refractivity (Wildman–Crippen MR) is 110 cm³/mol. The van der Waals surface area contributed by atoms with Gasteiger partial charge in [0, 0.05) is 29.7 Å². The number of hydrogen-bond acceptors (Lipinski definition) is 4. The van der Waals surface area contributed by atoms with Gasteiger partial charge in [-0.15, -0.1) is 12.4 Å². The first-order valence-electron chi connectivity index (χ1n) is 9.76. The molecule has 0 radical (unpaired) electrons. The Kier molecular flexibility index (Phi) is 6.05. The van der Waals surface area contributed by atoms with Crippen LogP contribution < -0.4 is 0 Å². The number of ether oxygens (including phenoxy) is 1. The molecular weight excluding hydrogens is 380 g/mol. The van der Waals surface area contributed by atoms with E-state index in [1.165, 1.54) is 29.3 Å². The highest BCUT2D eigenvalue weighted by Crippen LogP contribution is 2.49. The fourth-order valence-corrected chi connectivity index (χ4v) is 5.80. The number of aliphatic hydroxyl groups is 1. The van der Waals surface area contributed by atoms with Crippen molar-refractivity contribution in [3.8, 4) is 0 Å². The highest BCUT2D eigenvalue weighted by atomic mass is 35.5. The molecule has 3 heterocycles. The quantitative estimate of drug-likeness (QED) is 0.707. The Bertz CT molecular complexity index is 854. The van der Waals surface area contributed by atoms with Crippen LogP contribution in [0.3, 0.4) is 0 Å². The maximum absolute atomic E-state index is 12.4. The van der Waals surface area contributed by atoms with Crippen molar-refractivity contribution in [2.75, 3.05) is 20.2 Å². The standard InChI is InChI=1S/C21H26N2O3.ClH.H2O/c1-26-21(25)19-15-10-17-20-14(13-4-2-3-5-16(13)22-20)8-9-23(17)11-12(15)6-7-18(19)24;;/h2-5,12,15,17-19,22,24H,6-11H2,1H3;1H;1H2/t12?,15?,17?,18?,19-;;/m0../s1. The average molecular weight is 409 g/mol. The number of halogens is 1. The largest absolute Gasteiger partial charge is 0.469 e. The predicted octanol–water partition coefficient (Wildman–Crippen LogP) is 2.24. The lowest BCUT2D eigenvalue weighted by Gasteiger charge is -2.50. The van der Waals surface area contributed by atoms with Crippen molar-refractivity contribution in [3.63, 3.8) is 0 Å². The van der Waals surface area contributed by atoms with Crippen LogP contribution in [0.1, 0.15) is 36.6 Å². The summed E-state index contributed by atoms with van der Waals surface area (Å²) >= 11 is 0. The van der Waals surface area contributed by atoms with E-state index in [2.05, 4.69) is 34.1 Å². The van der Waals surface area contributed by atoms with Crippen molar-refractivity contribution in [2.24, 2.45) is 17.8 Å². The summed E-state index contributed by atoms with van der Waals surface area (Å²) in [4.78, 5) is 18.6. The molecule has 2 aromatic rings. The third kappa shape index (κ3) is 3.12. The minimum absolute atomic E-state index is 0. The minimum atomic E-state index is -0.568. The van der Waals surface area contributed by atoms with Gasteiger partial charge in [0.1, 0.15) is 0 Å². The SMILES string of the molecule is COC(=O)[C@@H]1C(O)CCC2CN3CCc4c([nH]c5ccccc45)C3CC21.Cl.O. The lowest BCUT2D eigenvalue weighted by molar-refractivity contribution is -0.160. The van der Waals surface area contributed by atoms with Gasteiger partial charge in [-0.25, -0.2) is 0 Å². The van der Waals surface area contributed by atoms with E-state index >= 15 is 0 Å². The lowest BCUT2D eigenvalue weighted by Crippen LogP contribution is -2.53. The van der Waals surface area contributed by atoms with Crippen molar-refractivity contribution in [1.29, 1.82) is 0 Å². The summed E-state index contributed by atoms with van der Waals surface area (Å²) in [5, 5.41) is 11.8. The number of carbonyl (C=O) groups is 1. The second-order valence-electron chi connectivity index (χ2n) is 8.18. The molecule has 28 heavy (non-hydrogen) atoms. The zero-order valence-corrected chi connectivity index (χ0v) is 16.9. The van der Waals surface area contributed by atoms with Gasteiger partial charge in [0.2, 0.25) is 0 Å². The molecule has 154 valence electrons. The van der Waals surface area contributed by atoms with Crippen LogP contribution in [0.4, 0.5) is 0 Å². The second-order valence-corrected chi connectivity index (χ2v) is 8.18. The summed E-state index contributed by atoms with van der Waals surface area (Å²) in [5.74, 6) is 0.0541. The van der Waals surface area contributed by atoms with Crippen molar-refractivity contribution in [1.82, 2.24) is 9.88 Å². The first-order valence-corrected chi connectivity index (χ1v) is 9.76. The van der Waals surface area contributed by atoms with Crippen LogP contribution in [0.2, 0.25) is 0 Å². The Balaban J connectivity index is 0.00000112. The van der Waals surface area contributed by atoms with Crippen LogP contribution in [0, 0.1) is 17.8 Å². The van der Waals surface area contributed by atoms with Crippen molar-refractivity contribution < 1.29 is 20.1 Å². The maximum Gasteiger partial charge on any atom is 0.311 e. The van der Waals surface area contributed by atoms with Gasteiger partial charge in [-0.1, -0.05) is 18.2 Å². The lowest BCUT2D eigenvalue weighted by atomic mass is 9.65. The molecule has 2 fully saturated rings. The van der Waals surface area contributed by atoms with Gasteiger partial charge in [0.15, 0.2) is 0 Å². The molecule has 7 heteroatoms. The number of rotatable bonds is 1. The van der Waals surface area contributed by atoms with Crippen LogP contribution in [-0.2, 0) is 16.0 Å². The van der Waals surface area contributed by atoms with Gasteiger partial charge in [-0.2, -0.15) is 0 Å². The number of methoxy groups -OCH3 is 1. The van der Waals surface area contributed by atoms with E-state index < -0.39 is 6.10 Å². The molecular formula is C21H29ClN2O4. The van der Waals surface area contributed by atoms with Gasteiger partial charge < -0.3 is 20.3 Å². The number of aromatic nitrogens is 1. The van der Waals surface area contributed by atoms with Crippen molar-refractivity contribution >= 4 is 29.3 Å². The zero-order chi connectivity index (χ0) is 17.8. The zero-order valence-electron chi connectivity index (χ0n) is 16.1. The van der Waals surface area contributed by atoms with Gasteiger partial charge in [0.05, 0.1) is 25.2 Å². The van der Waals surface area contributed by atoms with E-state index in [1.54, 1.807) is 0 Å². The molecule has 1 saturated carbocycles. The number of nitrogens with one attached hydrogen (secondary N) is 1. The van der Waals surface area contributed by atoms with Crippen LogP contribution in [0.5, 0.6) is 0 Å². The van der Waals surface area contributed by atoms with Crippen molar-refractivity contribution in [3.05, 3.63) is 35.5 Å². The summed E-state index contributed by atoms with van der Waals surface area (Å²) in [6.45, 7) is 2.10. The number of nitrogens with zero attached hydrogens (tertiary/aromatic N) is 1. The number of benzene rings is 1. The van der Waals surface area contributed by atoms with Gasteiger partial charge in [-0.3, -0.25) is 9.69 Å². The molecule has 1 aromatic heterocycles. The molecule has 5 atom stereocenters. The van der Waals surface area contributed by atoms with E-state index in [1.807, 2.05) is 0 Å². The maximum atomic E-state index is 12.4. The monoisotopic (exact) mass is 408 g/mol.